The molecule has 0 bridgehead atoms. The van der Waals surface area contributed by atoms with Crippen LogP contribution in [0.25, 0.3) is 10.9 Å². The maximum atomic E-state index is 10.2. The Kier molecular flexibility index (Phi) is 5.49. The maximum Gasteiger partial charge on any atom is 0.227 e. The molecule has 3 aromatic rings. The van der Waals surface area contributed by atoms with Crippen molar-refractivity contribution in [3.05, 3.63) is 30.2 Å². The number of anilines is 3. The fourth-order valence-electron chi connectivity index (χ4n) is 4.74. The number of ether oxygens (including phenoxy) is 1. The fourth-order valence-corrected chi connectivity index (χ4v) is 4.74. The predicted octanol–water partition coefficient (Wildman–Crippen LogP) is 3.92. The van der Waals surface area contributed by atoms with E-state index >= 15 is 0 Å². The Labute approximate surface area is 194 Å². The lowest BCUT2D eigenvalue weighted by Crippen LogP contribution is -2.43. The highest BCUT2D eigenvalue weighted by Gasteiger charge is 2.37. The molecule has 9 heteroatoms. The zero-order valence-corrected chi connectivity index (χ0v) is 19.9. The molecule has 0 aliphatic carbocycles. The molecule has 5 heterocycles. The summed E-state index contributed by atoms with van der Waals surface area (Å²) in [5, 5.41) is 19.5. The Morgan fingerprint density at radius 1 is 1.12 bits per heavy atom. The minimum atomic E-state index is -0.607. The topological polar surface area (TPSA) is 101 Å². The monoisotopic (exact) mass is 451 g/mol. The first-order valence-electron chi connectivity index (χ1n) is 11.8. The van der Waals surface area contributed by atoms with Crippen molar-refractivity contribution in [2.24, 2.45) is 0 Å². The standard InChI is InChI=1S/C24H33N7O2/c1-16(2)31-18-14-20(26-15-17(18)21(29-31)24(4)7-5-13-33-24)27-19-6-10-25-22(28-19)30-11-8-23(3,32)9-12-30/h6,10,14-16,32H,5,7-9,11-13H2,1-4H3,(H,25,26,27,28). The Balaban J connectivity index is 1.43. The van der Waals surface area contributed by atoms with E-state index in [0.717, 1.165) is 49.1 Å². The molecule has 2 N–H and O–H groups in total. The number of piperidine rings is 1. The van der Waals surface area contributed by atoms with Gasteiger partial charge >= 0.3 is 0 Å². The lowest BCUT2D eigenvalue weighted by molar-refractivity contribution is 0.0137. The van der Waals surface area contributed by atoms with Gasteiger partial charge in [0.1, 0.15) is 22.9 Å². The number of nitrogens with zero attached hydrogens (tertiary/aromatic N) is 6. The first-order chi connectivity index (χ1) is 15.7. The lowest BCUT2D eigenvalue weighted by atomic mass is 9.94. The van der Waals surface area contributed by atoms with Gasteiger partial charge in [-0.05, 0) is 59.4 Å². The van der Waals surface area contributed by atoms with Gasteiger partial charge in [-0.15, -0.1) is 0 Å². The zero-order chi connectivity index (χ0) is 23.2. The molecule has 2 fully saturated rings. The molecule has 2 saturated heterocycles. The normalized spacial score (nSPS) is 22.9. The Bertz CT molecular complexity index is 1140. The summed E-state index contributed by atoms with van der Waals surface area (Å²) in [6, 6.07) is 4.08. The average Bonchev–Trinajstić information content (AvgIpc) is 3.38. The number of nitrogens with one attached hydrogen (secondary N) is 1. The predicted molar refractivity (Wildman–Crippen MR) is 128 cm³/mol. The van der Waals surface area contributed by atoms with Crippen LogP contribution in [0.3, 0.4) is 0 Å². The van der Waals surface area contributed by atoms with Crippen LogP contribution in [0.4, 0.5) is 17.6 Å². The molecule has 9 nitrogen and oxygen atoms in total. The Hall–Kier alpha value is -2.78. The van der Waals surface area contributed by atoms with Crippen molar-refractivity contribution in [1.29, 1.82) is 0 Å². The first kappa shape index (κ1) is 22.0. The van der Waals surface area contributed by atoms with Crippen LogP contribution < -0.4 is 10.2 Å². The van der Waals surface area contributed by atoms with Gasteiger partial charge in [-0.25, -0.2) is 9.97 Å². The van der Waals surface area contributed by atoms with E-state index in [4.69, 9.17) is 14.8 Å². The third kappa shape index (κ3) is 4.27. The smallest absolute Gasteiger partial charge is 0.227 e. The van der Waals surface area contributed by atoms with E-state index in [9.17, 15) is 5.11 Å². The minimum absolute atomic E-state index is 0.212. The van der Waals surface area contributed by atoms with Gasteiger partial charge in [-0.3, -0.25) is 4.68 Å². The van der Waals surface area contributed by atoms with Gasteiger partial charge in [0, 0.05) is 49.6 Å². The van der Waals surface area contributed by atoms with Crippen molar-refractivity contribution in [2.45, 2.75) is 70.6 Å². The third-order valence-electron chi connectivity index (χ3n) is 6.82. The second kappa shape index (κ2) is 8.22. The highest BCUT2D eigenvalue weighted by Crippen LogP contribution is 2.39. The van der Waals surface area contributed by atoms with E-state index < -0.39 is 5.60 Å². The molecule has 0 saturated carbocycles. The maximum absolute atomic E-state index is 10.2. The first-order valence-corrected chi connectivity index (χ1v) is 11.8. The van der Waals surface area contributed by atoms with Crippen LogP contribution in [-0.2, 0) is 10.3 Å². The number of hydrogen-bond donors (Lipinski definition) is 2. The van der Waals surface area contributed by atoms with E-state index in [1.807, 2.05) is 25.3 Å². The van der Waals surface area contributed by atoms with Crippen LogP contribution in [0.2, 0.25) is 0 Å². The van der Waals surface area contributed by atoms with Crippen molar-refractivity contribution in [1.82, 2.24) is 24.7 Å². The summed E-state index contributed by atoms with van der Waals surface area (Å²) in [5.74, 6) is 2.06. The van der Waals surface area contributed by atoms with Gasteiger partial charge in [0.2, 0.25) is 5.95 Å². The van der Waals surface area contributed by atoms with Crippen LogP contribution in [0, 0.1) is 0 Å². The molecule has 0 spiro atoms. The molecule has 2 aliphatic heterocycles. The van der Waals surface area contributed by atoms with Gasteiger partial charge in [-0.2, -0.15) is 10.1 Å². The van der Waals surface area contributed by atoms with Gasteiger partial charge in [-0.1, -0.05) is 0 Å². The molecule has 1 atom stereocenters. The molecule has 33 heavy (non-hydrogen) atoms. The van der Waals surface area contributed by atoms with Crippen LogP contribution in [0.15, 0.2) is 24.5 Å². The molecule has 0 aromatic carbocycles. The highest BCUT2D eigenvalue weighted by molar-refractivity contribution is 5.84. The van der Waals surface area contributed by atoms with Gasteiger partial charge in [0.05, 0.1) is 11.1 Å². The number of fused-ring (bicyclic) bond motifs is 1. The SMILES string of the molecule is CC(C)n1nc(C2(C)CCCO2)c2cnc(Nc3ccnc(N4CCC(C)(O)CC4)n3)cc21. The van der Waals surface area contributed by atoms with Crippen molar-refractivity contribution in [3.8, 4) is 0 Å². The van der Waals surface area contributed by atoms with Crippen molar-refractivity contribution in [2.75, 3.05) is 29.9 Å². The van der Waals surface area contributed by atoms with Crippen molar-refractivity contribution in [3.63, 3.8) is 0 Å². The second-order valence-corrected chi connectivity index (χ2v) is 10.0. The molecule has 1 unspecified atom stereocenters. The van der Waals surface area contributed by atoms with Crippen LogP contribution in [0.5, 0.6) is 0 Å². The minimum Gasteiger partial charge on any atom is -0.390 e. The second-order valence-electron chi connectivity index (χ2n) is 10.0. The summed E-state index contributed by atoms with van der Waals surface area (Å²) < 4.78 is 8.13. The van der Waals surface area contributed by atoms with E-state index in [2.05, 4.69) is 45.6 Å². The summed E-state index contributed by atoms with van der Waals surface area (Å²) in [5.41, 5.74) is 1.02. The van der Waals surface area contributed by atoms with Gasteiger partial charge in [0.25, 0.3) is 0 Å². The number of aromatic nitrogens is 5. The number of rotatable bonds is 5. The highest BCUT2D eigenvalue weighted by atomic mass is 16.5. The molecule has 2 aliphatic rings. The third-order valence-corrected chi connectivity index (χ3v) is 6.82. The number of hydrogen-bond acceptors (Lipinski definition) is 8. The largest absolute Gasteiger partial charge is 0.390 e. The zero-order valence-electron chi connectivity index (χ0n) is 19.9. The fraction of sp³-hybridized carbons (Fsp3) is 0.583. The van der Waals surface area contributed by atoms with E-state index in [0.29, 0.717) is 30.4 Å². The van der Waals surface area contributed by atoms with Crippen LogP contribution in [-0.4, -0.2) is 55.1 Å². The van der Waals surface area contributed by atoms with E-state index in [1.54, 1.807) is 6.20 Å². The average molecular weight is 452 g/mol. The van der Waals surface area contributed by atoms with Crippen molar-refractivity contribution < 1.29 is 9.84 Å². The van der Waals surface area contributed by atoms with Crippen LogP contribution >= 0.6 is 0 Å². The van der Waals surface area contributed by atoms with Crippen molar-refractivity contribution >= 4 is 28.5 Å². The summed E-state index contributed by atoms with van der Waals surface area (Å²) in [4.78, 5) is 15.9. The van der Waals surface area contributed by atoms with E-state index in [1.165, 1.54) is 0 Å². The summed E-state index contributed by atoms with van der Waals surface area (Å²) in [6.45, 7) is 10.5. The van der Waals surface area contributed by atoms with Gasteiger partial charge in [0.15, 0.2) is 0 Å². The molecule has 0 amide bonds. The Morgan fingerprint density at radius 2 is 1.91 bits per heavy atom. The summed E-state index contributed by atoms with van der Waals surface area (Å²) >= 11 is 0. The lowest BCUT2D eigenvalue weighted by Gasteiger charge is -2.35. The molecule has 0 radical (unpaired) electrons. The number of aliphatic hydroxyl groups is 1. The summed E-state index contributed by atoms with van der Waals surface area (Å²) in [6.07, 6.45) is 7.06. The quantitative estimate of drug-likeness (QED) is 0.602. The van der Waals surface area contributed by atoms with Crippen LogP contribution in [0.1, 0.15) is 65.1 Å². The molecular weight excluding hydrogens is 418 g/mol. The molecular formula is C24H33N7O2. The van der Waals surface area contributed by atoms with Gasteiger partial charge < -0.3 is 20.1 Å². The van der Waals surface area contributed by atoms with E-state index in [-0.39, 0.29) is 11.6 Å². The summed E-state index contributed by atoms with van der Waals surface area (Å²) in [7, 11) is 0. The number of pyridine rings is 1. The molecule has 3 aromatic heterocycles. The molecule has 5 rings (SSSR count). The Morgan fingerprint density at radius 3 is 2.61 bits per heavy atom. The molecule has 176 valence electrons.